The summed E-state index contributed by atoms with van der Waals surface area (Å²) in [5.74, 6) is 1.42. The molecule has 2 rings (SSSR count). The topological polar surface area (TPSA) is 18.5 Å². The van der Waals surface area contributed by atoms with E-state index in [0.717, 1.165) is 30.8 Å². The molecule has 0 atom stereocenters. The lowest BCUT2D eigenvalue weighted by atomic mass is 10.0. The van der Waals surface area contributed by atoms with Crippen LogP contribution in [0.15, 0.2) is 24.3 Å². The number of rotatable bonds is 7. The summed E-state index contributed by atoms with van der Waals surface area (Å²) < 4.78 is 12.2. The zero-order valence-corrected chi connectivity index (χ0v) is 11.6. The number of benzene rings is 1. The van der Waals surface area contributed by atoms with Crippen LogP contribution >= 0.6 is 0 Å². The summed E-state index contributed by atoms with van der Waals surface area (Å²) in [6.45, 7) is 4.44. The smallest absolute Gasteiger partial charge is 0.251 e. The number of ether oxygens (including phenoxy) is 2. The van der Waals surface area contributed by atoms with Crippen LogP contribution in [0.3, 0.4) is 0 Å². The van der Waals surface area contributed by atoms with Crippen LogP contribution in [0.25, 0.3) is 0 Å². The first kappa shape index (κ1) is 13.3. The van der Waals surface area contributed by atoms with Gasteiger partial charge in [0.05, 0.1) is 0 Å². The van der Waals surface area contributed by atoms with Crippen LogP contribution in [0, 0.1) is 0 Å². The fourth-order valence-corrected chi connectivity index (χ4v) is 2.46. The molecule has 0 saturated carbocycles. The predicted molar refractivity (Wildman–Crippen MR) is 74.1 cm³/mol. The van der Waals surface area contributed by atoms with Gasteiger partial charge in [-0.05, 0) is 25.0 Å². The molecule has 18 heavy (non-hydrogen) atoms. The van der Waals surface area contributed by atoms with Gasteiger partial charge < -0.3 is 9.47 Å². The van der Waals surface area contributed by atoms with Crippen LogP contribution in [-0.4, -0.2) is 5.79 Å². The van der Waals surface area contributed by atoms with Crippen LogP contribution in [-0.2, 0) is 0 Å². The molecule has 0 amide bonds. The minimum absolute atomic E-state index is 0.394. The zero-order chi connectivity index (χ0) is 12.8. The van der Waals surface area contributed by atoms with Gasteiger partial charge in [0.25, 0.3) is 5.79 Å². The lowest BCUT2D eigenvalue weighted by Crippen LogP contribution is -2.38. The highest BCUT2D eigenvalue weighted by Crippen LogP contribution is 2.43. The Morgan fingerprint density at radius 2 is 1.39 bits per heavy atom. The predicted octanol–water partition coefficient (Wildman–Crippen LogP) is 4.92. The van der Waals surface area contributed by atoms with Crippen LogP contribution in [0.1, 0.15) is 58.8 Å². The van der Waals surface area contributed by atoms with Crippen molar-refractivity contribution in [2.75, 3.05) is 0 Å². The van der Waals surface area contributed by atoms with Crippen LogP contribution < -0.4 is 9.47 Å². The number of para-hydroxylation sites is 2. The van der Waals surface area contributed by atoms with Gasteiger partial charge in [-0.25, -0.2) is 0 Å². The van der Waals surface area contributed by atoms with Gasteiger partial charge in [0.2, 0.25) is 0 Å². The highest BCUT2D eigenvalue weighted by atomic mass is 16.7. The number of hydrogen-bond donors (Lipinski definition) is 0. The molecule has 2 heteroatoms. The van der Waals surface area contributed by atoms with Gasteiger partial charge in [-0.3, -0.25) is 0 Å². The molecule has 1 aromatic rings. The van der Waals surface area contributed by atoms with E-state index in [-0.39, 0.29) is 0 Å². The largest absolute Gasteiger partial charge is 0.448 e. The van der Waals surface area contributed by atoms with Crippen molar-refractivity contribution < 1.29 is 9.47 Å². The van der Waals surface area contributed by atoms with E-state index in [0.29, 0.717) is 0 Å². The summed E-state index contributed by atoms with van der Waals surface area (Å²) in [5.41, 5.74) is 0. The summed E-state index contributed by atoms with van der Waals surface area (Å²) in [6.07, 6.45) is 7.97. The molecule has 0 radical (unpaired) electrons. The molecule has 0 aromatic heterocycles. The molecule has 1 heterocycles. The molecular weight excluding hydrogens is 224 g/mol. The first-order valence-electron chi connectivity index (χ1n) is 7.27. The van der Waals surface area contributed by atoms with Gasteiger partial charge in [0.1, 0.15) is 0 Å². The standard InChI is InChI=1S/C16H24O2/c1-3-5-9-13-16(12-6-4-2)17-14-10-7-8-11-15(14)18-16/h7-8,10-11H,3-6,9,12-13H2,1-2H3. The summed E-state index contributed by atoms with van der Waals surface area (Å²) >= 11 is 0. The van der Waals surface area contributed by atoms with Gasteiger partial charge in [0, 0.05) is 12.8 Å². The fourth-order valence-electron chi connectivity index (χ4n) is 2.46. The average molecular weight is 248 g/mol. The fraction of sp³-hybridized carbons (Fsp3) is 0.625. The van der Waals surface area contributed by atoms with Crippen molar-refractivity contribution in [3.05, 3.63) is 24.3 Å². The van der Waals surface area contributed by atoms with Crippen molar-refractivity contribution in [3.63, 3.8) is 0 Å². The molecule has 0 unspecified atom stereocenters. The first-order valence-corrected chi connectivity index (χ1v) is 7.27. The normalized spacial score (nSPS) is 15.9. The maximum atomic E-state index is 6.12. The molecule has 0 fully saturated rings. The van der Waals surface area contributed by atoms with E-state index in [9.17, 15) is 0 Å². The van der Waals surface area contributed by atoms with Gasteiger partial charge in [0.15, 0.2) is 11.5 Å². The van der Waals surface area contributed by atoms with Gasteiger partial charge in [-0.2, -0.15) is 0 Å². The lowest BCUT2D eigenvalue weighted by molar-refractivity contribution is -0.0946. The van der Waals surface area contributed by atoms with E-state index in [1.165, 1.54) is 25.7 Å². The van der Waals surface area contributed by atoms with Crippen molar-refractivity contribution in [3.8, 4) is 11.5 Å². The molecule has 0 spiro atoms. The molecule has 100 valence electrons. The maximum absolute atomic E-state index is 6.12. The molecule has 1 aromatic carbocycles. The summed E-state index contributed by atoms with van der Waals surface area (Å²) in [6, 6.07) is 8.01. The Morgan fingerprint density at radius 1 is 0.833 bits per heavy atom. The third kappa shape index (κ3) is 2.98. The molecule has 1 aliphatic heterocycles. The second-order valence-corrected chi connectivity index (χ2v) is 5.12. The van der Waals surface area contributed by atoms with Gasteiger partial charge >= 0.3 is 0 Å². The van der Waals surface area contributed by atoms with Crippen molar-refractivity contribution in [1.82, 2.24) is 0 Å². The Bertz CT molecular complexity index is 348. The third-order valence-corrected chi connectivity index (χ3v) is 3.51. The number of unbranched alkanes of at least 4 members (excludes halogenated alkanes) is 3. The molecule has 0 N–H and O–H groups in total. The molecule has 1 aliphatic rings. The van der Waals surface area contributed by atoms with E-state index in [4.69, 9.17) is 9.47 Å². The Kier molecular flexibility index (Phi) is 4.51. The van der Waals surface area contributed by atoms with Crippen LogP contribution in [0.4, 0.5) is 0 Å². The SMILES string of the molecule is CCCCCC1(CCCC)Oc2ccccc2O1. The van der Waals surface area contributed by atoms with E-state index in [1.807, 2.05) is 24.3 Å². The highest BCUT2D eigenvalue weighted by Gasteiger charge is 2.40. The van der Waals surface area contributed by atoms with E-state index in [2.05, 4.69) is 13.8 Å². The average Bonchev–Trinajstić information content (AvgIpc) is 2.75. The maximum Gasteiger partial charge on any atom is 0.251 e. The minimum Gasteiger partial charge on any atom is -0.448 e. The number of hydrogen-bond acceptors (Lipinski definition) is 2. The minimum atomic E-state index is -0.394. The van der Waals surface area contributed by atoms with Gasteiger partial charge in [-0.15, -0.1) is 0 Å². The van der Waals surface area contributed by atoms with Crippen molar-refractivity contribution in [2.45, 2.75) is 64.6 Å². The second-order valence-electron chi connectivity index (χ2n) is 5.12. The lowest BCUT2D eigenvalue weighted by Gasteiger charge is -2.27. The van der Waals surface area contributed by atoms with Crippen LogP contribution in [0.5, 0.6) is 11.5 Å². The Labute approximate surface area is 110 Å². The zero-order valence-electron chi connectivity index (χ0n) is 11.6. The van der Waals surface area contributed by atoms with Crippen LogP contribution in [0.2, 0.25) is 0 Å². The molecule has 2 nitrogen and oxygen atoms in total. The molecule has 0 saturated heterocycles. The molecule has 0 bridgehead atoms. The van der Waals surface area contributed by atoms with Crippen molar-refractivity contribution in [2.24, 2.45) is 0 Å². The number of fused-ring (bicyclic) bond motifs is 1. The Balaban J connectivity index is 2.04. The quantitative estimate of drug-likeness (QED) is 0.637. The molecule has 0 aliphatic carbocycles. The Morgan fingerprint density at radius 3 is 1.94 bits per heavy atom. The summed E-state index contributed by atoms with van der Waals surface area (Å²) in [5, 5.41) is 0. The van der Waals surface area contributed by atoms with Crippen molar-refractivity contribution in [1.29, 1.82) is 0 Å². The second kappa shape index (κ2) is 6.12. The van der Waals surface area contributed by atoms with E-state index >= 15 is 0 Å². The molecular formula is C16H24O2. The monoisotopic (exact) mass is 248 g/mol. The Hall–Kier alpha value is -1.18. The van der Waals surface area contributed by atoms with E-state index < -0.39 is 5.79 Å². The van der Waals surface area contributed by atoms with Crippen molar-refractivity contribution >= 4 is 0 Å². The first-order chi connectivity index (χ1) is 8.79. The van der Waals surface area contributed by atoms with Gasteiger partial charge in [-0.1, -0.05) is 45.2 Å². The summed E-state index contributed by atoms with van der Waals surface area (Å²) in [7, 11) is 0. The summed E-state index contributed by atoms with van der Waals surface area (Å²) in [4.78, 5) is 0. The van der Waals surface area contributed by atoms with E-state index in [1.54, 1.807) is 0 Å². The third-order valence-electron chi connectivity index (χ3n) is 3.51. The highest BCUT2D eigenvalue weighted by molar-refractivity contribution is 5.42.